The van der Waals surface area contributed by atoms with Crippen molar-refractivity contribution in [1.29, 1.82) is 0 Å². The first-order valence-corrected chi connectivity index (χ1v) is 11.2. The second-order valence-electron chi connectivity index (χ2n) is 8.36. The Morgan fingerprint density at radius 1 is 1.35 bits per heavy atom. The van der Waals surface area contributed by atoms with E-state index in [2.05, 4.69) is 67.2 Å². The van der Waals surface area contributed by atoms with Gasteiger partial charge in [0.25, 0.3) is 0 Å². The minimum Gasteiger partial charge on any atom is -0.389 e. The van der Waals surface area contributed by atoms with Gasteiger partial charge in [-0.1, -0.05) is 29.8 Å². The van der Waals surface area contributed by atoms with Gasteiger partial charge < -0.3 is 25.4 Å². The van der Waals surface area contributed by atoms with Crippen LogP contribution in [-0.2, 0) is 11.3 Å². The van der Waals surface area contributed by atoms with Crippen LogP contribution in [0.4, 0.5) is 5.82 Å². The van der Waals surface area contributed by atoms with Crippen molar-refractivity contribution in [3.63, 3.8) is 0 Å². The van der Waals surface area contributed by atoms with E-state index in [0.29, 0.717) is 33.8 Å². The van der Waals surface area contributed by atoms with E-state index in [4.69, 9.17) is 0 Å². The summed E-state index contributed by atoms with van der Waals surface area (Å²) in [5.74, 6) is 0.197. The van der Waals surface area contributed by atoms with Crippen molar-refractivity contribution < 1.29 is 15.0 Å². The number of nitrogens with zero attached hydrogens (tertiary/aromatic N) is 4. The van der Waals surface area contributed by atoms with Crippen molar-refractivity contribution in [3.05, 3.63) is 45.6 Å². The van der Waals surface area contributed by atoms with Crippen molar-refractivity contribution in [2.24, 2.45) is 11.3 Å². The molecule has 5 rings (SSSR count). The van der Waals surface area contributed by atoms with E-state index in [9.17, 15) is 15.0 Å². The summed E-state index contributed by atoms with van der Waals surface area (Å²) in [6, 6.07) is 7.74. The Labute approximate surface area is 192 Å². The van der Waals surface area contributed by atoms with Crippen LogP contribution in [0.15, 0.2) is 30.6 Å². The maximum Gasteiger partial charge on any atom is 0.229 e. The van der Waals surface area contributed by atoms with Gasteiger partial charge in [0, 0.05) is 42.1 Å². The Hall–Kier alpha value is -2.31. The number of imidazole rings is 1. The molecule has 3 aromatic rings. The molecule has 2 saturated carbocycles. The largest absolute Gasteiger partial charge is 0.389 e. The summed E-state index contributed by atoms with van der Waals surface area (Å²) in [6.07, 6.45) is -0.0633. The molecule has 0 radical (unpaired) electrons. The van der Waals surface area contributed by atoms with E-state index in [1.165, 1.54) is 5.56 Å². The molecule has 5 atom stereocenters. The molecule has 0 saturated heterocycles. The van der Waals surface area contributed by atoms with Gasteiger partial charge in [0.2, 0.25) is 5.91 Å². The van der Waals surface area contributed by atoms with Crippen LogP contribution in [0.3, 0.4) is 0 Å². The fraction of sp³-hybridized carbons (Fsp3) is 0.429. The summed E-state index contributed by atoms with van der Waals surface area (Å²) in [5.41, 5.74) is 2.53. The number of carbonyl (C=O) groups is 1. The number of benzene rings is 1. The smallest absolute Gasteiger partial charge is 0.229 e. The van der Waals surface area contributed by atoms with Gasteiger partial charge in [-0.05, 0) is 18.9 Å². The Balaban J connectivity index is 1.49. The summed E-state index contributed by atoms with van der Waals surface area (Å²) in [6.45, 7) is 2.64. The number of aromatic nitrogens is 4. The molecule has 2 aliphatic rings. The van der Waals surface area contributed by atoms with Crippen molar-refractivity contribution in [1.82, 2.24) is 24.8 Å². The van der Waals surface area contributed by atoms with Crippen molar-refractivity contribution in [2.45, 2.75) is 38.1 Å². The summed E-state index contributed by atoms with van der Waals surface area (Å²) in [7, 11) is 1.55. The topological polar surface area (TPSA) is 125 Å². The molecule has 1 aromatic carbocycles. The lowest BCUT2D eigenvalue weighted by Gasteiger charge is -2.23. The first-order chi connectivity index (χ1) is 14.9. The number of nitrogens with one attached hydrogen (secondary N) is 2. The number of aliphatic hydroxyl groups is 2. The number of aryl methyl sites for hydroxylation is 1. The molecule has 2 aromatic heterocycles. The first-order valence-electron chi connectivity index (χ1n) is 10.1. The standard InChI is InChI=1S/C21H23IN6O3/c1-10-4-3-5-11(6-10)8-24-17-13-18(27-20(22)26-17)28(9-25-13)14-12-7-21(12,19(31)23-2)16(30)15(14)29/h3-6,9,12,14-16,29-30H,7-8H2,1-2H3,(H,23,31)(H,24,26,27)/t12-,14-,15?,16-,21+/m1/s1. The van der Waals surface area contributed by atoms with E-state index in [-0.39, 0.29) is 11.8 Å². The fourth-order valence-corrected chi connectivity index (χ4v) is 5.50. The zero-order valence-corrected chi connectivity index (χ0v) is 19.2. The first kappa shape index (κ1) is 20.6. The molecule has 9 nitrogen and oxygen atoms in total. The number of carbonyl (C=O) groups excluding carboxylic acids is 1. The van der Waals surface area contributed by atoms with Crippen LogP contribution in [0.5, 0.6) is 0 Å². The summed E-state index contributed by atoms with van der Waals surface area (Å²) < 4.78 is 2.33. The van der Waals surface area contributed by atoms with Crippen LogP contribution < -0.4 is 10.6 Å². The van der Waals surface area contributed by atoms with Gasteiger partial charge in [0.1, 0.15) is 6.10 Å². The number of hydrogen-bond donors (Lipinski definition) is 4. The molecular weight excluding hydrogens is 511 g/mol. The number of amides is 1. The molecule has 1 unspecified atom stereocenters. The predicted octanol–water partition coefficient (Wildman–Crippen LogP) is 1.38. The predicted molar refractivity (Wildman–Crippen MR) is 122 cm³/mol. The number of fused-ring (bicyclic) bond motifs is 2. The zero-order valence-electron chi connectivity index (χ0n) is 17.1. The second kappa shape index (κ2) is 7.38. The maximum absolute atomic E-state index is 12.4. The Morgan fingerprint density at radius 3 is 2.90 bits per heavy atom. The van der Waals surface area contributed by atoms with Crippen LogP contribution in [0.2, 0.25) is 0 Å². The third-order valence-corrected chi connectivity index (χ3v) is 7.06. The minimum atomic E-state index is -1.13. The van der Waals surface area contributed by atoms with E-state index >= 15 is 0 Å². The molecule has 1 amide bonds. The van der Waals surface area contributed by atoms with Crippen molar-refractivity contribution >= 4 is 45.5 Å². The second-order valence-corrected chi connectivity index (χ2v) is 9.33. The Morgan fingerprint density at radius 2 is 2.16 bits per heavy atom. The van der Waals surface area contributed by atoms with E-state index in [1.807, 2.05) is 12.1 Å². The van der Waals surface area contributed by atoms with Crippen LogP contribution in [0, 0.1) is 22.1 Å². The number of hydrogen-bond acceptors (Lipinski definition) is 7. The fourth-order valence-electron chi connectivity index (χ4n) is 5.03. The number of rotatable bonds is 5. The lowest BCUT2D eigenvalue weighted by Crippen LogP contribution is -2.41. The molecule has 2 heterocycles. The summed E-state index contributed by atoms with van der Waals surface area (Å²) in [5, 5.41) is 27.4. The average molecular weight is 534 g/mol. The Kier molecular flexibility index (Phi) is 4.90. The lowest BCUT2D eigenvalue weighted by molar-refractivity contribution is -0.132. The number of halogens is 1. The molecule has 2 aliphatic carbocycles. The average Bonchev–Trinajstić information content (AvgIpc) is 3.29. The van der Waals surface area contributed by atoms with Crippen LogP contribution in [0.25, 0.3) is 11.2 Å². The van der Waals surface area contributed by atoms with Gasteiger partial charge in [-0.2, -0.15) is 0 Å². The highest BCUT2D eigenvalue weighted by molar-refractivity contribution is 14.1. The highest BCUT2D eigenvalue weighted by Crippen LogP contribution is 2.67. The maximum atomic E-state index is 12.4. The molecule has 0 spiro atoms. The van der Waals surface area contributed by atoms with Crippen molar-refractivity contribution in [3.8, 4) is 0 Å². The minimum absolute atomic E-state index is 0.175. The van der Waals surface area contributed by atoms with Gasteiger partial charge in [-0.3, -0.25) is 4.79 Å². The highest BCUT2D eigenvalue weighted by atomic mass is 127. The highest BCUT2D eigenvalue weighted by Gasteiger charge is 2.75. The molecule has 31 heavy (non-hydrogen) atoms. The molecule has 0 bridgehead atoms. The Bertz CT molecular complexity index is 1180. The third-order valence-electron chi connectivity index (χ3n) is 6.58. The molecule has 4 N–H and O–H groups in total. The quantitative estimate of drug-likeness (QED) is 0.288. The number of aliphatic hydroxyl groups excluding tert-OH is 2. The summed E-state index contributed by atoms with van der Waals surface area (Å²) >= 11 is 2.06. The lowest BCUT2D eigenvalue weighted by atomic mass is 9.98. The molecular formula is C21H23IN6O3. The van der Waals surface area contributed by atoms with Crippen LogP contribution in [0.1, 0.15) is 23.6 Å². The van der Waals surface area contributed by atoms with Crippen molar-refractivity contribution in [2.75, 3.05) is 12.4 Å². The van der Waals surface area contributed by atoms with Gasteiger partial charge >= 0.3 is 0 Å². The summed E-state index contributed by atoms with van der Waals surface area (Å²) in [4.78, 5) is 26.0. The van der Waals surface area contributed by atoms with Gasteiger partial charge in [-0.25, -0.2) is 15.0 Å². The van der Waals surface area contributed by atoms with Gasteiger partial charge in [-0.15, -0.1) is 0 Å². The third kappa shape index (κ3) is 3.11. The van der Waals surface area contributed by atoms with E-state index in [1.54, 1.807) is 17.9 Å². The SMILES string of the molecule is CNC(=O)[C@@]12C[C@@H]1[C@@H](n1cnc3c(NCc4cccc(C)c4)nc(I)nc31)C(O)[C@H]2O. The van der Waals surface area contributed by atoms with Gasteiger partial charge in [0.05, 0.1) is 23.9 Å². The zero-order chi connectivity index (χ0) is 21.9. The van der Waals surface area contributed by atoms with E-state index in [0.717, 1.165) is 5.56 Å². The molecule has 2 fully saturated rings. The van der Waals surface area contributed by atoms with Gasteiger partial charge in [0.15, 0.2) is 20.8 Å². The normalized spacial score (nSPS) is 29.1. The van der Waals surface area contributed by atoms with Crippen LogP contribution in [-0.4, -0.2) is 54.9 Å². The van der Waals surface area contributed by atoms with Crippen LogP contribution >= 0.6 is 22.6 Å². The molecule has 10 heteroatoms. The van der Waals surface area contributed by atoms with E-state index < -0.39 is 23.7 Å². The molecule has 162 valence electrons. The molecule has 0 aliphatic heterocycles. The number of anilines is 1. The monoisotopic (exact) mass is 534 g/mol.